The summed E-state index contributed by atoms with van der Waals surface area (Å²) < 4.78 is 0. The molecular weight excluding hydrogens is 317 g/mol. The zero-order valence-electron chi connectivity index (χ0n) is 11.6. The number of hydrogen-bond donors (Lipinski definition) is 2. The molecule has 1 aromatic rings. The lowest BCUT2D eigenvalue weighted by molar-refractivity contribution is -0.122. The van der Waals surface area contributed by atoms with Crippen molar-refractivity contribution in [3.05, 3.63) is 16.6 Å². The Kier molecular flexibility index (Phi) is 10.2. The number of thiazole rings is 1. The van der Waals surface area contributed by atoms with Crippen LogP contribution in [0, 0.1) is 5.92 Å². The first kappa shape index (κ1) is 19.6. The Morgan fingerprint density at radius 1 is 1.60 bits per heavy atom. The van der Waals surface area contributed by atoms with E-state index in [1.165, 1.54) is 6.42 Å². The van der Waals surface area contributed by atoms with Crippen LogP contribution in [-0.4, -0.2) is 24.0 Å². The summed E-state index contributed by atoms with van der Waals surface area (Å²) >= 11 is 1.61. The number of hydrogen-bond acceptors (Lipinski definition) is 4. The standard InChI is InChI=1S/C13H21N3OS.2ClH/c1-2-11(13-15-7-8-18-13)16-12(17)4-3-10-5-6-14-9-10;;/h7-8,10-11,14H,2-6,9H2,1H3,(H,16,17);2*1H. The van der Waals surface area contributed by atoms with Crippen molar-refractivity contribution in [2.24, 2.45) is 5.92 Å². The van der Waals surface area contributed by atoms with Crippen LogP contribution in [0.3, 0.4) is 0 Å². The average Bonchev–Trinajstić information content (AvgIpc) is 3.05. The molecule has 0 radical (unpaired) electrons. The van der Waals surface area contributed by atoms with Crippen molar-refractivity contribution in [3.63, 3.8) is 0 Å². The highest BCUT2D eigenvalue weighted by molar-refractivity contribution is 7.09. The summed E-state index contributed by atoms with van der Waals surface area (Å²) in [6.45, 7) is 4.24. The maximum atomic E-state index is 11.9. The Labute approximate surface area is 137 Å². The molecular formula is C13H23Cl2N3OS. The topological polar surface area (TPSA) is 54.0 Å². The summed E-state index contributed by atoms with van der Waals surface area (Å²) in [5, 5.41) is 9.37. The predicted octanol–water partition coefficient (Wildman–Crippen LogP) is 2.94. The Morgan fingerprint density at radius 2 is 2.40 bits per heavy atom. The number of carbonyl (C=O) groups is 1. The molecule has 7 heteroatoms. The van der Waals surface area contributed by atoms with Gasteiger partial charge in [0, 0.05) is 18.0 Å². The Hall–Kier alpha value is -0.360. The van der Waals surface area contributed by atoms with Crippen molar-refractivity contribution in [3.8, 4) is 0 Å². The zero-order chi connectivity index (χ0) is 12.8. The minimum Gasteiger partial charge on any atom is -0.347 e. The fraction of sp³-hybridized carbons (Fsp3) is 0.692. The number of aromatic nitrogens is 1. The number of amides is 1. The van der Waals surface area contributed by atoms with Crippen LogP contribution in [0.2, 0.25) is 0 Å². The van der Waals surface area contributed by atoms with Crippen LogP contribution in [-0.2, 0) is 4.79 Å². The summed E-state index contributed by atoms with van der Waals surface area (Å²) in [5.74, 6) is 0.833. The van der Waals surface area contributed by atoms with Gasteiger partial charge in [-0.3, -0.25) is 4.79 Å². The van der Waals surface area contributed by atoms with E-state index in [-0.39, 0.29) is 36.8 Å². The molecule has 0 aliphatic carbocycles. The average molecular weight is 340 g/mol. The second-order valence-corrected chi connectivity index (χ2v) is 5.72. The molecule has 1 aromatic heterocycles. The van der Waals surface area contributed by atoms with Gasteiger partial charge in [0.05, 0.1) is 6.04 Å². The molecule has 0 spiro atoms. The molecule has 1 aliphatic heterocycles. The van der Waals surface area contributed by atoms with Crippen molar-refractivity contribution in [2.75, 3.05) is 13.1 Å². The molecule has 0 aromatic carbocycles. The molecule has 20 heavy (non-hydrogen) atoms. The lowest BCUT2D eigenvalue weighted by atomic mass is 10.0. The monoisotopic (exact) mass is 339 g/mol. The van der Waals surface area contributed by atoms with Gasteiger partial charge in [0.15, 0.2) is 0 Å². The van der Waals surface area contributed by atoms with Gasteiger partial charge in [-0.1, -0.05) is 6.92 Å². The third-order valence-corrected chi connectivity index (χ3v) is 4.32. The summed E-state index contributed by atoms with van der Waals surface area (Å²) in [6, 6.07) is 0.0826. The van der Waals surface area contributed by atoms with E-state index in [0.29, 0.717) is 12.3 Å². The van der Waals surface area contributed by atoms with Crippen molar-refractivity contribution in [1.29, 1.82) is 0 Å². The molecule has 1 amide bonds. The summed E-state index contributed by atoms with van der Waals surface area (Å²) in [5.41, 5.74) is 0. The van der Waals surface area contributed by atoms with Crippen LogP contribution < -0.4 is 10.6 Å². The van der Waals surface area contributed by atoms with Crippen LogP contribution >= 0.6 is 36.2 Å². The molecule has 4 nitrogen and oxygen atoms in total. The van der Waals surface area contributed by atoms with Crippen LogP contribution in [0.1, 0.15) is 43.7 Å². The first-order valence-electron chi connectivity index (χ1n) is 6.69. The molecule has 2 atom stereocenters. The van der Waals surface area contributed by atoms with Crippen molar-refractivity contribution >= 4 is 42.1 Å². The lowest BCUT2D eigenvalue weighted by Gasteiger charge is -2.15. The number of carbonyl (C=O) groups excluding carboxylic acids is 1. The fourth-order valence-corrected chi connectivity index (χ4v) is 3.08. The fourth-order valence-electron chi connectivity index (χ4n) is 2.31. The van der Waals surface area contributed by atoms with Crippen molar-refractivity contribution in [2.45, 2.75) is 38.6 Å². The van der Waals surface area contributed by atoms with Crippen LogP contribution in [0.4, 0.5) is 0 Å². The summed E-state index contributed by atoms with van der Waals surface area (Å²) in [4.78, 5) is 16.2. The SMILES string of the molecule is CCC(NC(=O)CCC1CCNC1)c1nccs1.Cl.Cl. The number of halogens is 2. The molecule has 2 rings (SSSR count). The quantitative estimate of drug-likeness (QED) is 0.837. The van der Waals surface area contributed by atoms with Gasteiger partial charge in [-0.2, -0.15) is 0 Å². The van der Waals surface area contributed by atoms with E-state index in [9.17, 15) is 4.79 Å². The lowest BCUT2D eigenvalue weighted by Crippen LogP contribution is -2.28. The predicted molar refractivity (Wildman–Crippen MR) is 88.0 cm³/mol. The van der Waals surface area contributed by atoms with Gasteiger partial charge in [-0.05, 0) is 38.3 Å². The number of nitrogens with zero attached hydrogens (tertiary/aromatic N) is 1. The van der Waals surface area contributed by atoms with Crippen LogP contribution in [0.25, 0.3) is 0 Å². The van der Waals surface area contributed by atoms with E-state index in [0.717, 1.165) is 30.9 Å². The normalized spacial score (nSPS) is 18.8. The largest absolute Gasteiger partial charge is 0.347 e. The van der Waals surface area contributed by atoms with E-state index < -0.39 is 0 Å². The van der Waals surface area contributed by atoms with E-state index >= 15 is 0 Å². The highest BCUT2D eigenvalue weighted by atomic mass is 35.5. The van der Waals surface area contributed by atoms with Crippen molar-refractivity contribution in [1.82, 2.24) is 15.6 Å². The minimum atomic E-state index is 0. The van der Waals surface area contributed by atoms with E-state index in [4.69, 9.17) is 0 Å². The summed E-state index contributed by atoms with van der Waals surface area (Å²) in [7, 11) is 0. The molecule has 2 unspecified atom stereocenters. The Balaban J connectivity index is 0.00000180. The molecule has 116 valence electrons. The zero-order valence-corrected chi connectivity index (χ0v) is 14.1. The van der Waals surface area contributed by atoms with Gasteiger partial charge in [0.25, 0.3) is 0 Å². The molecule has 1 fully saturated rings. The third-order valence-electron chi connectivity index (χ3n) is 3.44. The number of nitrogens with one attached hydrogen (secondary N) is 2. The van der Waals surface area contributed by atoms with Gasteiger partial charge >= 0.3 is 0 Å². The molecule has 0 saturated carbocycles. The maximum Gasteiger partial charge on any atom is 0.220 e. The molecule has 1 saturated heterocycles. The van der Waals surface area contributed by atoms with Crippen molar-refractivity contribution < 1.29 is 4.79 Å². The molecule has 2 N–H and O–H groups in total. The highest BCUT2D eigenvalue weighted by Crippen LogP contribution is 2.19. The van der Waals surface area contributed by atoms with E-state index in [1.54, 1.807) is 17.5 Å². The van der Waals surface area contributed by atoms with Crippen LogP contribution in [0.15, 0.2) is 11.6 Å². The summed E-state index contributed by atoms with van der Waals surface area (Å²) in [6.07, 6.45) is 5.52. The highest BCUT2D eigenvalue weighted by Gasteiger charge is 2.18. The first-order valence-corrected chi connectivity index (χ1v) is 7.57. The van der Waals surface area contributed by atoms with Gasteiger partial charge in [-0.25, -0.2) is 4.98 Å². The maximum absolute atomic E-state index is 11.9. The van der Waals surface area contributed by atoms with E-state index in [2.05, 4.69) is 22.5 Å². The molecule has 2 heterocycles. The van der Waals surface area contributed by atoms with Gasteiger partial charge in [0.2, 0.25) is 5.91 Å². The molecule has 1 aliphatic rings. The Bertz CT molecular complexity index is 370. The second-order valence-electron chi connectivity index (χ2n) is 4.80. The van der Waals surface area contributed by atoms with Gasteiger partial charge in [0.1, 0.15) is 5.01 Å². The number of rotatable bonds is 6. The molecule has 0 bridgehead atoms. The Morgan fingerprint density at radius 3 is 2.95 bits per heavy atom. The minimum absolute atomic E-state index is 0. The first-order chi connectivity index (χ1) is 8.79. The second kappa shape index (κ2) is 10.4. The van der Waals surface area contributed by atoms with Gasteiger partial charge < -0.3 is 10.6 Å². The van der Waals surface area contributed by atoms with Gasteiger partial charge in [-0.15, -0.1) is 36.2 Å². The smallest absolute Gasteiger partial charge is 0.220 e. The van der Waals surface area contributed by atoms with E-state index in [1.807, 2.05) is 5.38 Å². The third kappa shape index (κ3) is 5.95. The van der Waals surface area contributed by atoms with Crippen LogP contribution in [0.5, 0.6) is 0 Å².